The van der Waals surface area contributed by atoms with E-state index >= 15 is 0 Å². The van der Waals surface area contributed by atoms with Crippen LogP contribution in [0.15, 0.2) is 24.3 Å². The molecule has 21 heavy (non-hydrogen) atoms. The number of nitrogen functional groups attached to an aromatic ring is 1. The minimum atomic E-state index is -0.227. The lowest BCUT2D eigenvalue weighted by Gasteiger charge is -2.02. The number of hydrogen-bond acceptors (Lipinski definition) is 4. The summed E-state index contributed by atoms with van der Waals surface area (Å²) in [6.07, 6.45) is 1.61. The molecule has 0 radical (unpaired) electrons. The average molecular weight is 286 g/mol. The first-order valence-electron chi connectivity index (χ1n) is 6.72. The number of hydrogen-bond donors (Lipinski definition) is 2. The molecular weight excluding hydrogens is 268 g/mol. The van der Waals surface area contributed by atoms with Crippen LogP contribution in [-0.4, -0.2) is 29.0 Å². The molecule has 6 heteroatoms. The molecule has 110 valence electrons. The van der Waals surface area contributed by atoms with Gasteiger partial charge >= 0.3 is 0 Å². The predicted octanol–water partition coefficient (Wildman–Crippen LogP) is 1.25. The Kier molecular flexibility index (Phi) is 4.37. The molecule has 3 N–H and O–H groups in total. The van der Waals surface area contributed by atoms with Crippen LogP contribution in [0.5, 0.6) is 0 Å². The summed E-state index contributed by atoms with van der Waals surface area (Å²) in [5.41, 5.74) is 8.70. The molecule has 1 amide bonds. The van der Waals surface area contributed by atoms with Crippen molar-refractivity contribution in [3.8, 4) is 11.3 Å². The standard InChI is InChI=1S/C15H18N4O2/c1-3-10-4-6-11(7-5-10)14-12(9-20)15(16)19(18-14)8-13(21)17-2/h4-7,9H,3,8,16H2,1-2H3,(H,17,21). The summed E-state index contributed by atoms with van der Waals surface area (Å²) >= 11 is 0. The molecule has 1 heterocycles. The van der Waals surface area contributed by atoms with Gasteiger partial charge in [0.15, 0.2) is 6.29 Å². The topological polar surface area (TPSA) is 90.0 Å². The molecule has 1 aromatic heterocycles. The number of carbonyl (C=O) groups is 2. The Balaban J connectivity index is 2.44. The summed E-state index contributed by atoms with van der Waals surface area (Å²) < 4.78 is 1.34. The highest BCUT2D eigenvalue weighted by Crippen LogP contribution is 2.26. The maximum Gasteiger partial charge on any atom is 0.241 e. The number of benzene rings is 1. The van der Waals surface area contributed by atoms with Crippen LogP contribution >= 0.6 is 0 Å². The van der Waals surface area contributed by atoms with Crippen molar-refractivity contribution >= 4 is 18.0 Å². The number of nitrogens with two attached hydrogens (primary N) is 1. The van der Waals surface area contributed by atoms with Crippen molar-refractivity contribution in [3.63, 3.8) is 0 Å². The van der Waals surface area contributed by atoms with Crippen molar-refractivity contribution < 1.29 is 9.59 Å². The SMILES string of the molecule is CCc1ccc(-c2nn(CC(=O)NC)c(N)c2C=O)cc1. The van der Waals surface area contributed by atoms with Crippen molar-refractivity contribution in [3.05, 3.63) is 35.4 Å². The fraction of sp³-hybridized carbons (Fsp3) is 0.267. The van der Waals surface area contributed by atoms with Crippen LogP contribution in [0.1, 0.15) is 22.8 Å². The van der Waals surface area contributed by atoms with Crippen molar-refractivity contribution in [2.45, 2.75) is 19.9 Å². The molecule has 0 aliphatic heterocycles. The molecule has 0 fully saturated rings. The van der Waals surface area contributed by atoms with Gasteiger partial charge < -0.3 is 11.1 Å². The Morgan fingerprint density at radius 3 is 2.57 bits per heavy atom. The van der Waals surface area contributed by atoms with Crippen molar-refractivity contribution in [1.82, 2.24) is 15.1 Å². The Morgan fingerprint density at radius 2 is 2.05 bits per heavy atom. The van der Waals surface area contributed by atoms with E-state index in [4.69, 9.17) is 5.73 Å². The van der Waals surface area contributed by atoms with Crippen molar-refractivity contribution in [2.75, 3.05) is 12.8 Å². The largest absolute Gasteiger partial charge is 0.383 e. The monoisotopic (exact) mass is 286 g/mol. The molecule has 0 aliphatic carbocycles. The molecule has 0 saturated carbocycles. The van der Waals surface area contributed by atoms with E-state index in [1.54, 1.807) is 0 Å². The van der Waals surface area contributed by atoms with Gasteiger partial charge in [-0.25, -0.2) is 4.68 Å². The zero-order valence-electron chi connectivity index (χ0n) is 12.1. The minimum Gasteiger partial charge on any atom is -0.383 e. The summed E-state index contributed by atoms with van der Waals surface area (Å²) in [4.78, 5) is 22.7. The molecule has 2 rings (SSSR count). The van der Waals surface area contributed by atoms with E-state index in [2.05, 4.69) is 17.3 Å². The second-order valence-corrected chi connectivity index (χ2v) is 4.65. The van der Waals surface area contributed by atoms with Gasteiger partial charge in [0.25, 0.3) is 0 Å². The summed E-state index contributed by atoms with van der Waals surface area (Å²) in [6.45, 7) is 2.05. The van der Waals surface area contributed by atoms with E-state index in [-0.39, 0.29) is 18.3 Å². The van der Waals surface area contributed by atoms with Gasteiger partial charge in [-0.15, -0.1) is 0 Å². The van der Waals surface area contributed by atoms with E-state index in [0.717, 1.165) is 12.0 Å². The summed E-state index contributed by atoms with van der Waals surface area (Å²) in [6, 6.07) is 7.77. The zero-order valence-corrected chi connectivity index (χ0v) is 12.1. The van der Waals surface area contributed by atoms with Gasteiger partial charge in [-0.2, -0.15) is 5.10 Å². The number of nitrogens with one attached hydrogen (secondary N) is 1. The normalized spacial score (nSPS) is 10.4. The maximum atomic E-state index is 11.4. The Morgan fingerprint density at radius 1 is 1.38 bits per heavy atom. The number of amides is 1. The number of rotatable bonds is 5. The Labute approximate surface area is 122 Å². The predicted molar refractivity (Wildman–Crippen MR) is 80.9 cm³/mol. The number of likely N-dealkylation sites (N-methyl/N-ethyl adjacent to an activating group) is 1. The smallest absolute Gasteiger partial charge is 0.241 e. The fourth-order valence-corrected chi connectivity index (χ4v) is 2.05. The first-order valence-corrected chi connectivity index (χ1v) is 6.72. The van der Waals surface area contributed by atoms with E-state index in [0.29, 0.717) is 17.5 Å². The maximum absolute atomic E-state index is 11.4. The minimum absolute atomic E-state index is 0.0176. The number of aromatic nitrogens is 2. The highest BCUT2D eigenvalue weighted by molar-refractivity contribution is 5.92. The van der Waals surface area contributed by atoms with E-state index in [1.807, 2.05) is 24.3 Å². The number of anilines is 1. The third-order valence-electron chi connectivity index (χ3n) is 3.36. The molecule has 6 nitrogen and oxygen atoms in total. The van der Waals surface area contributed by atoms with Gasteiger partial charge in [-0.1, -0.05) is 31.2 Å². The van der Waals surface area contributed by atoms with E-state index in [1.165, 1.54) is 17.3 Å². The van der Waals surface area contributed by atoms with E-state index in [9.17, 15) is 9.59 Å². The number of aryl methyl sites for hydroxylation is 1. The fourth-order valence-electron chi connectivity index (χ4n) is 2.05. The molecule has 0 bridgehead atoms. The van der Waals surface area contributed by atoms with Gasteiger partial charge in [0.1, 0.15) is 18.1 Å². The molecule has 1 aromatic carbocycles. The lowest BCUT2D eigenvalue weighted by Crippen LogP contribution is -2.24. The first-order chi connectivity index (χ1) is 10.1. The summed E-state index contributed by atoms with van der Waals surface area (Å²) in [5.74, 6) is -0.0299. The third-order valence-corrected chi connectivity index (χ3v) is 3.36. The van der Waals surface area contributed by atoms with Crippen LogP contribution < -0.4 is 11.1 Å². The average Bonchev–Trinajstić information content (AvgIpc) is 2.83. The summed E-state index contributed by atoms with van der Waals surface area (Å²) in [7, 11) is 1.53. The molecular formula is C15H18N4O2. The van der Waals surface area contributed by atoms with Crippen LogP contribution in [-0.2, 0) is 17.8 Å². The number of aldehydes is 1. The first kappa shape index (κ1) is 14.8. The summed E-state index contributed by atoms with van der Waals surface area (Å²) in [5, 5.41) is 6.79. The zero-order chi connectivity index (χ0) is 15.4. The van der Waals surface area contributed by atoms with Gasteiger partial charge in [-0.05, 0) is 12.0 Å². The van der Waals surface area contributed by atoms with Crippen LogP contribution in [0.4, 0.5) is 5.82 Å². The van der Waals surface area contributed by atoms with Crippen molar-refractivity contribution in [2.24, 2.45) is 0 Å². The van der Waals surface area contributed by atoms with Gasteiger partial charge in [0.05, 0.1) is 5.56 Å². The highest BCUT2D eigenvalue weighted by atomic mass is 16.2. The van der Waals surface area contributed by atoms with Crippen LogP contribution in [0.2, 0.25) is 0 Å². The second-order valence-electron chi connectivity index (χ2n) is 4.65. The molecule has 0 spiro atoms. The lowest BCUT2D eigenvalue weighted by atomic mass is 10.1. The van der Waals surface area contributed by atoms with Gasteiger partial charge in [0.2, 0.25) is 5.91 Å². The number of nitrogens with zero attached hydrogens (tertiary/aromatic N) is 2. The molecule has 0 aliphatic rings. The van der Waals surface area contributed by atoms with Crippen LogP contribution in [0.3, 0.4) is 0 Å². The Hall–Kier alpha value is -2.63. The van der Waals surface area contributed by atoms with Gasteiger partial charge in [-0.3, -0.25) is 9.59 Å². The lowest BCUT2D eigenvalue weighted by molar-refractivity contribution is -0.121. The molecule has 2 aromatic rings. The quantitative estimate of drug-likeness (QED) is 0.809. The third kappa shape index (κ3) is 2.94. The Bertz CT molecular complexity index is 659. The van der Waals surface area contributed by atoms with Crippen LogP contribution in [0.25, 0.3) is 11.3 Å². The second kappa shape index (κ2) is 6.21. The molecule has 0 atom stereocenters. The number of carbonyl (C=O) groups excluding carboxylic acids is 2. The van der Waals surface area contributed by atoms with Crippen LogP contribution in [0, 0.1) is 0 Å². The van der Waals surface area contributed by atoms with Gasteiger partial charge in [0, 0.05) is 12.6 Å². The molecule has 0 unspecified atom stereocenters. The highest BCUT2D eigenvalue weighted by Gasteiger charge is 2.17. The van der Waals surface area contributed by atoms with E-state index < -0.39 is 0 Å². The van der Waals surface area contributed by atoms with Crippen molar-refractivity contribution in [1.29, 1.82) is 0 Å². The molecule has 0 saturated heterocycles.